The largest absolute Gasteiger partial charge is 0.484 e. The first-order chi connectivity index (χ1) is 16.8. The highest BCUT2D eigenvalue weighted by Gasteiger charge is 2.35. The van der Waals surface area contributed by atoms with Gasteiger partial charge in [-0.1, -0.05) is 53.0 Å². The fraction of sp³-hybridized carbons (Fsp3) is 0.0800. The number of carbonyl (C=O) groups excluding carboxylic acids is 3. The lowest BCUT2D eigenvalue weighted by atomic mass is 10.2. The van der Waals surface area contributed by atoms with Crippen molar-refractivity contribution in [3.05, 3.63) is 97.8 Å². The number of hydrogen-bond acceptors (Lipinski definition) is 5. The Morgan fingerprint density at radius 1 is 0.971 bits per heavy atom. The van der Waals surface area contributed by atoms with Crippen molar-refractivity contribution in [2.24, 2.45) is 0 Å². The van der Waals surface area contributed by atoms with Crippen molar-refractivity contribution in [1.29, 1.82) is 0 Å². The van der Waals surface area contributed by atoms with Crippen LogP contribution >= 0.6 is 46.6 Å². The molecule has 0 spiro atoms. The molecule has 1 fully saturated rings. The lowest BCUT2D eigenvalue weighted by Gasteiger charge is -2.13. The van der Waals surface area contributed by atoms with Gasteiger partial charge in [-0.25, -0.2) is 0 Å². The topological polar surface area (TPSA) is 75.7 Å². The number of nitrogens with zero attached hydrogens (tertiary/aromatic N) is 1. The summed E-state index contributed by atoms with van der Waals surface area (Å²) >= 11 is 18.8. The van der Waals surface area contributed by atoms with Gasteiger partial charge in [0, 0.05) is 20.8 Å². The van der Waals surface area contributed by atoms with Gasteiger partial charge in [0.05, 0.1) is 11.4 Å². The van der Waals surface area contributed by atoms with Gasteiger partial charge in [-0.3, -0.25) is 19.3 Å². The highest BCUT2D eigenvalue weighted by Crippen LogP contribution is 2.35. The number of nitrogens with one attached hydrogen (secondary N) is 1. The van der Waals surface area contributed by atoms with Crippen molar-refractivity contribution in [3.8, 4) is 5.75 Å². The summed E-state index contributed by atoms with van der Waals surface area (Å²) in [6.07, 6.45) is 1.61. The van der Waals surface area contributed by atoms with Crippen LogP contribution in [0.4, 0.5) is 10.5 Å². The van der Waals surface area contributed by atoms with Gasteiger partial charge in [-0.2, -0.15) is 0 Å². The molecule has 1 aliphatic rings. The minimum atomic E-state index is -0.417. The molecule has 178 valence electrons. The number of anilines is 1. The molecular weight excluding hydrogens is 531 g/mol. The number of benzene rings is 3. The second kappa shape index (κ2) is 11.2. The van der Waals surface area contributed by atoms with Gasteiger partial charge in [0.1, 0.15) is 5.75 Å². The zero-order valence-corrected chi connectivity index (χ0v) is 21.0. The Hall–Kier alpha value is -2.97. The van der Waals surface area contributed by atoms with Gasteiger partial charge in [-0.15, -0.1) is 0 Å². The number of ether oxygens (including phenoxy) is 1. The summed E-state index contributed by atoms with van der Waals surface area (Å²) in [5, 5.41) is 3.74. The maximum absolute atomic E-state index is 12.9. The third kappa shape index (κ3) is 6.58. The highest BCUT2D eigenvalue weighted by atomic mass is 35.5. The van der Waals surface area contributed by atoms with E-state index in [4.69, 9.17) is 39.5 Å². The minimum Gasteiger partial charge on any atom is -0.484 e. The van der Waals surface area contributed by atoms with Crippen LogP contribution in [0.2, 0.25) is 15.1 Å². The molecule has 10 heteroatoms. The molecule has 0 saturated carbocycles. The Balaban J connectivity index is 1.39. The van der Waals surface area contributed by atoms with E-state index in [1.807, 2.05) is 0 Å². The summed E-state index contributed by atoms with van der Waals surface area (Å²) in [7, 11) is 0. The Morgan fingerprint density at radius 2 is 1.71 bits per heavy atom. The van der Waals surface area contributed by atoms with E-state index in [-0.39, 0.29) is 24.0 Å². The van der Waals surface area contributed by atoms with Crippen LogP contribution in [0.3, 0.4) is 0 Å². The summed E-state index contributed by atoms with van der Waals surface area (Å²) in [5.74, 6) is -0.309. The van der Waals surface area contributed by atoms with E-state index in [0.29, 0.717) is 37.6 Å². The van der Waals surface area contributed by atoms with Gasteiger partial charge in [0.15, 0.2) is 6.61 Å². The molecule has 1 aliphatic heterocycles. The summed E-state index contributed by atoms with van der Waals surface area (Å²) in [4.78, 5) is 38.9. The van der Waals surface area contributed by atoms with Gasteiger partial charge in [-0.05, 0) is 77.5 Å². The van der Waals surface area contributed by atoms with Gasteiger partial charge >= 0.3 is 0 Å². The first kappa shape index (κ1) is 25.1. The summed E-state index contributed by atoms with van der Waals surface area (Å²) < 4.78 is 5.58. The van der Waals surface area contributed by atoms with Crippen LogP contribution < -0.4 is 10.1 Å². The first-order valence-corrected chi connectivity index (χ1v) is 12.2. The Kier molecular flexibility index (Phi) is 8.03. The Morgan fingerprint density at radius 3 is 2.46 bits per heavy atom. The van der Waals surface area contributed by atoms with Crippen LogP contribution in [0.25, 0.3) is 6.08 Å². The predicted molar refractivity (Wildman–Crippen MR) is 140 cm³/mol. The van der Waals surface area contributed by atoms with E-state index in [9.17, 15) is 14.4 Å². The van der Waals surface area contributed by atoms with E-state index >= 15 is 0 Å². The standard InChI is InChI=1S/C25H17Cl3N2O4S/c26-17-6-8-19(9-7-17)29-23(31)14-34-20-3-1-2-15(10-20)11-22-24(32)30(25(33)35-22)13-16-4-5-18(27)12-21(16)28/h1-12H,13-14H2,(H,29,31)/b22-11-. The quantitative estimate of drug-likeness (QED) is 0.326. The highest BCUT2D eigenvalue weighted by molar-refractivity contribution is 8.18. The van der Waals surface area contributed by atoms with Crippen molar-refractivity contribution in [3.63, 3.8) is 0 Å². The van der Waals surface area contributed by atoms with Crippen LogP contribution in [0, 0.1) is 0 Å². The molecule has 3 aromatic rings. The fourth-order valence-electron chi connectivity index (χ4n) is 3.18. The molecule has 35 heavy (non-hydrogen) atoms. The normalized spacial score (nSPS) is 14.5. The average molecular weight is 548 g/mol. The van der Waals surface area contributed by atoms with Crippen LogP contribution in [-0.4, -0.2) is 28.6 Å². The van der Waals surface area contributed by atoms with E-state index in [0.717, 1.165) is 16.7 Å². The predicted octanol–water partition coefficient (Wildman–Crippen LogP) is 6.90. The minimum absolute atomic E-state index is 0.0455. The smallest absolute Gasteiger partial charge is 0.293 e. The molecule has 6 nitrogen and oxygen atoms in total. The number of thioether (sulfide) groups is 1. The van der Waals surface area contributed by atoms with Gasteiger partial charge in [0.2, 0.25) is 0 Å². The molecule has 4 rings (SSSR count). The molecule has 0 aromatic heterocycles. The van der Waals surface area contributed by atoms with Crippen molar-refractivity contribution in [2.45, 2.75) is 6.54 Å². The summed E-state index contributed by atoms with van der Waals surface area (Å²) in [6, 6.07) is 18.5. The fourth-order valence-corrected chi connectivity index (χ4v) is 4.61. The van der Waals surface area contributed by atoms with Crippen molar-refractivity contribution in [2.75, 3.05) is 11.9 Å². The molecular formula is C25H17Cl3N2O4S. The number of carbonyl (C=O) groups is 3. The number of rotatable bonds is 7. The van der Waals surface area contributed by atoms with Crippen LogP contribution in [-0.2, 0) is 16.1 Å². The zero-order chi connectivity index (χ0) is 24.9. The monoisotopic (exact) mass is 546 g/mol. The van der Waals surface area contributed by atoms with Gasteiger partial charge < -0.3 is 10.1 Å². The van der Waals surface area contributed by atoms with E-state index < -0.39 is 11.1 Å². The summed E-state index contributed by atoms with van der Waals surface area (Å²) in [6.45, 7) is -0.158. The lowest BCUT2D eigenvalue weighted by molar-refractivity contribution is -0.123. The SMILES string of the molecule is O=C(COc1cccc(/C=C2\SC(=O)N(Cc3ccc(Cl)cc3Cl)C2=O)c1)Nc1ccc(Cl)cc1. The first-order valence-electron chi connectivity index (χ1n) is 10.3. The molecule has 1 heterocycles. The lowest BCUT2D eigenvalue weighted by Crippen LogP contribution is -2.27. The Labute approximate surface area is 220 Å². The second-order valence-corrected chi connectivity index (χ2v) is 9.69. The molecule has 0 radical (unpaired) electrons. The van der Waals surface area contributed by atoms with Crippen molar-refractivity contribution in [1.82, 2.24) is 4.90 Å². The molecule has 0 unspecified atom stereocenters. The van der Waals surface area contributed by atoms with Crippen molar-refractivity contribution < 1.29 is 19.1 Å². The van der Waals surface area contributed by atoms with Crippen molar-refractivity contribution >= 4 is 75.4 Å². The van der Waals surface area contributed by atoms with E-state index in [2.05, 4.69) is 5.32 Å². The molecule has 0 bridgehead atoms. The average Bonchev–Trinajstić information content (AvgIpc) is 3.08. The molecule has 3 amide bonds. The molecule has 0 atom stereocenters. The van der Waals surface area contributed by atoms with Crippen LogP contribution in [0.5, 0.6) is 5.75 Å². The van der Waals surface area contributed by atoms with Crippen LogP contribution in [0.15, 0.2) is 71.6 Å². The van der Waals surface area contributed by atoms with E-state index in [1.165, 1.54) is 0 Å². The molecule has 1 N–H and O–H groups in total. The maximum atomic E-state index is 12.9. The third-order valence-corrected chi connectivity index (χ3v) is 6.62. The number of halogens is 3. The molecule has 0 aliphatic carbocycles. The number of hydrogen-bond donors (Lipinski definition) is 1. The second-order valence-electron chi connectivity index (χ2n) is 7.42. The number of amides is 3. The zero-order valence-electron chi connectivity index (χ0n) is 18.0. The van der Waals surface area contributed by atoms with E-state index in [1.54, 1.807) is 72.8 Å². The van der Waals surface area contributed by atoms with Gasteiger partial charge in [0.25, 0.3) is 17.1 Å². The Bertz CT molecular complexity index is 1330. The van der Waals surface area contributed by atoms with Crippen LogP contribution in [0.1, 0.15) is 11.1 Å². The molecule has 1 saturated heterocycles. The molecule has 3 aromatic carbocycles. The summed E-state index contributed by atoms with van der Waals surface area (Å²) in [5.41, 5.74) is 1.87. The third-order valence-electron chi connectivity index (χ3n) is 4.87. The number of imide groups is 1. The maximum Gasteiger partial charge on any atom is 0.293 e.